The molecule has 0 rings (SSSR count). The molecule has 0 spiro atoms. The number of carbonyl (C=O) groups is 2. The fourth-order valence-corrected chi connectivity index (χ4v) is 1.57. The molecular weight excluding hydrogens is 416 g/mol. The minimum atomic E-state index is -6.98. The summed E-state index contributed by atoms with van der Waals surface area (Å²) in [6, 6.07) is 0. The lowest BCUT2D eigenvalue weighted by molar-refractivity contribution is -0.354. The Bertz CT molecular complexity index is 480. The Morgan fingerprint density at radius 1 is 0.607 bits per heavy atom. The average molecular weight is 434 g/mol. The Morgan fingerprint density at radius 2 is 0.893 bits per heavy atom. The van der Waals surface area contributed by atoms with Crippen molar-refractivity contribution in [3.63, 3.8) is 0 Å². The van der Waals surface area contributed by atoms with Crippen LogP contribution in [0.25, 0.3) is 0 Å². The van der Waals surface area contributed by atoms with Crippen LogP contribution in [0.3, 0.4) is 0 Å². The average Bonchev–Trinajstić information content (AvgIpc) is 2.61. The summed E-state index contributed by atoms with van der Waals surface area (Å²) in [5.74, 6) is -33.0. The number of rotatable bonds is 13. The smallest absolute Gasteiger partial charge is 0.411 e. The summed E-state index contributed by atoms with van der Waals surface area (Å²) in [5.41, 5.74) is 0. The highest BCUT2D eigenvalue weighted by Gasteiger charge is 2.85. The van der Waals surface area contributed by atoms with Gasteiger partial charge in [-0.1, -0.05) is 0 Å². The van der Waals surface area contributed by atoms with Crippen molar-refractivity contribution in [3.8, 4) is 0 Å². The molecule has 0 aliphatic rings. The molecule has 0 amide bonds. The van der Waals surface area contributed by atoms with Crippen LogP contribution in [0.4, 0.5) is 35.1 Å². The number of ether oxygens (including phenoxy) is 4. The monoisotopic (exact) mass is 434 g/mol. The number of hydrogen-bond acceptors (Lipinski definition) is 6. The van der Waals surface area contributed by atoms with Crippen LogP contribution in [0, 0.1) is 0 Å². The molecule has 0 aromatic heterocycles. The molecule has 0 saturated heterocycles. The first-order valence-electron chi connectivity index (χ1n) is 7.55. The molecule has 0 aliphatic carbocycles. The zero-order valence-electron chi connectivity index (χ0n) is 14.7. The number of esters is 2. The molecule has 166 valence electrons. The fourth-order valence-electron chi connectivity index (χ4n) is 1.57. The van der Waals surface area contributed by atoms with Gasteiger partial charge in [-0.25, -0.2) is 9.59 Å². The van der Waals surface area contributed by atoms with Crippen LogP contribution >= 0.6 is 0 Å². The summed E-state index contributed by atoms with van der Waals surface area (Å²) in [4.78, 5) is 22.1. The van der Waals surface area contributed by atoms with Crippen molar-refractivity contribution in [1.82, 2.24) is 0 Å². The van der Waals surface area contributed by atoms with Gasteiger partial charge in [0.05, 0.1) is 13.2 Å². The number of methoxy groups -OCH3 is 2. The normalized spacial score (nSPS) is 13.4. The second-order valence-corrected chi connectivity index (χ2v) is 5.26. The molecule has 0 bridgehead atoms. The maximum atomic E-state index is 13.6. The van der Waals surface area contributed by atoms with Gasteiger partial charge in [-0.2, -0.15) is 35.1 Å². The number of halogens is 8. The molecule has 0 unspecified atom stereocenters. The predicted molar refractivity (Wildman–Crippen MR) is 74.7 cm³/mol. The zero-order chi connectivity index (χ0) is 22.2. The molecule has 0 saturated carbocycles. The van der Waals surface area contributed by atoms with E-state index in [0.29, 0.717) is 0 Å². The van der Waals surface area contributed by atoms with Gasteiger partial charge in [0, 0.05) is 40.3 Å². The van der Waals surface area contributed by atoms with E-state index in [4.69, 9.17) is 0 Å². The van der Waals surface area contributed by atoms with E-state index in [1.165, 1.54) is 14.2 Å². The summed E-state index contributed by atoms with van der Waals surface area (Å²) in [7, 11) is 2.34. The first-order chi connectivity index (χ1) is 12.7. The topological polar surface area (TPSA) is 71.1 Å². The van der Waals surface area contributed by atoms with Crippen molar-refractivity contribution < 1.29 is 63.7 Å². The first kappa shape index (κ1) is 26.3. The number of hydrogen-bond donors (Lipinski definition) is 0. The minimum Gasteiger partial charge on any atom is -0.461 e. The van der Waals surface area contributed by atoms with Crippen LogP contribution in [0.5, 0.6) is 0 Å². The third-order valence-corrected chi connectivity index (χ3v) is 3.15. The van der Waals surface area contributed by atoms with E-state index in [2.05, 4.69) is 18.9 Å². The second-order valence-electron chi connectivity index (χ2n) is 5.26. The van der Waals surface area contributed by atoms with Crippen LogP contribution in [0.15, 0.2) is 0 Å². The van der Waals surface area contributed by atoms with Gasteiger partial charge in [0.1, 0.15) is 0 Å². The van der Waals surface area contributed by atoms with E-state index < -0.39 is 48.8 Å². The highest BCUT2D eigenvalue weighted by Crippen LogP contribution is 2.53. The molecule has 28 heavy (non-hydrogen) atoms. The fraction of sp³-hybridized carbons (Fsp3) is 0.857. The molecule has 0 radical (unpaired) electrons. The highest BCUT2D eigenvalue weighted by atomic mass is 19.4. The van der Waals surface area contributed by atoms with E-state index in [1.807, 2.05) is 0 Å². The quantitative estimate of drug-likeness (QED) is 0.252. The van der Waals surface area contributed by atoms with Gasteiger partial charge >= 0.3 is 35.6 Å². The first-order valence-corrected chi connectivity index (χ1v) is 7.55. The molecule has 0 N–H and O–H groups in total. The SMILES string of the molecule is COCCCOC(=O)C(F)(F)C(F)(F)C(F)(F)C(F)(F)C(=O)OCCCOC. The molecule has 14 heteroatoms. The third-order valence-electron chi connectivity index (χ3n) is 3.15. The van der Waals surface area contributed by atoms with Crippen molar-refractivity contribution in [1.29, 1.82) is 0 Å². The van der Waals surface area contributed by atoms with Crippen molar-refractivity contribution in [2.75, 3.05) is 40.6 Å². The number of alkyl halides is 8. The maximum Gasteiger partial charge on any atom is 0.411 e. The van der Waals surface area contributed by atoms with E-state index in [1.54, 1.807) is 0 Å². The molecule has 0 aromatic carbocycles. The van der Waals surface area contributed by atoms with E-state index in [9.17, 15) is 44.7 Å². The highest BCUT2D eigenvalue weighted by molar-refractivity contribution is 5.82. The van der Waals surface area contributed by atoms with Crippen molar-refractivity contribution in [3.05, 3.63) is 0 Å². The Kier molecular flexibility index (Phi) is 9.57. The van der Waals surface area contributed by atoms with Crippen LogP contribution in [0.1, 0.15) is 12.8 Å². The molecule has 0 aromatic rings. The van der Waals surface area contributed by atoms with Gasteiger partial charge in [0.25, 0.3) is 0 Å². The van der Waals surface area contributed by atoms with E-state index in [-0.39, 0.29) is 26.1 Å². The van der Waals surface area contributed by atoms with Gasteiger partial charge in [-0.3, -0.25) is 0 Å². The Balaban J connectivity index is 5.39. The summed E-state index contributed by atoms with van der Waals surface area (Å²) in [6.07, 6.45) is -0.519. The molecule has 0 aliphatic heterocycles. The van der Waals surface area contributed by atoms with Gasteiger partial charge in [-0.05, 0) is 0 Å². The molecule has 0 atom stereocenters. The van der Waals surface area contributed by atoms with Crippen molar-refractivity contribution >= 4 is 11.9 Å². The van der Waals surface area contributed by atoms with Gasteiger partial charge in [0.15, 0.2) is 0 Å². The van der Waals surface area contributed by atoms with Gasteiger partial charge in [0.2, 0.25) is 0 Å². The second kappa shape index (κ2) is 10.2. The summed E-state index contributed by atoms with van der Waals surface area (Å²) in [6.45, 7) is -2.17. The third kappa shape index (κ3) is 5.43. The van der Waals surface area contributed by atoms with Gasteiger partial charge in [-0.15, -0.1) is 0 Å². The summed E-state index contributed by atoms with van der Waals surface area (Å²) in [5, 5.41) is 0. The molecule has 6 nitrogen and oxygen atoms in total. The predicted octanol–water partition coefficient (Wildman–Crippen LogP) is 2.69. The lowest BCUT2D eigenvalue weighted by Crippen LogP contribution is -2.66. The Morgan fingerprint density at radius 3 is 1.14 bits per heavy atom. The van der Waals surface area contributed by atoms with Crippen molar-refractivity contribution in [2.24, 2.45) is 0 Å². The van der Waals surface area contributed by atoms with Crippen LogP contribution in [-0.2, 0) is 28.5 Å². The van der Waals surface area contributed by atoms with Crippen LogP contribution in [0.2, 0.25) is 0 Å². The van der Waals surface area contributed by atoms with Crippen LogP contribution in [-0.4, -0.2) is 76.3 Å². The molecular formula is C14H18F8O6. The lowest BCUT2D eigenvalue weighted by atomic mass is 9.98. The Labute approximate surface area is 154 Å². The summed E-state index contributed by atoms with van der Waals surface area (Å²) >= 11 is 0. The molecule has 0 fully saturated rings. The maximum absolute atomic E-state index is 13.6. The number of carbonyl (C=O) groups excluding carboxylic acids is 2. The zero-order valence-corrected chi connectivity index (χ0v) is 14.7. The Hall–Kier alpha value is -1.70. The molecule has 0 heterocycles. The largest absolute Gasteiger partial charge is 0.461 e. The van der Waals surface area contributed by atoms with Crippen LogP contribution < -0.4 is 0 Å². The van der Waals surface area contributed by atoms with Crippen molar-refractivity contribution in [2.45, 2.75) is 36.5 Å². The van der Waals surface area contributed by atoms with Gasteiger partial charge < -0.3 is 18.9 Å². The lowest BCUT2D eigenvalue weighted by Gasteiger charge is -2.34. The standard InChI is InChI=1S/C14H18F8O6/c1-25-5-3-7-27-9(23)11(15,16)13(19,20)14(21,22)12(17,18)10(24)28-8-4-6-26-2/h3-8H2,1-2H3. The minimum absolute atomic E-state index is 0.154. The van der Waals surface area contributed by atoms with E-state index >= 15 is 0 Å². The summed E-state index contributed by atoms with van der Waals surface area (Å²) < 4.78 is 125. The van der Waals surface area contributed by atoms with E-state index in [0.717, 1.165) is 0 Å².